The number of amides is 1. The molecule has 2 fully saturated rings. The first-order chi connectivity index (χ1) is 17.2. The van der Waals surface area contributed by atoms with Crippen LogP contribution in [-0.4, -0.2) is 27.0 Å². The molecule has 0 spiro atoms. The maximum atomic E-state index is 13.5. The molecule has 3 aromatic rings. The van der Waals surface area contributed by atoms with Gasteiger partial charge in [0.25, 0.3) is 5.91 Å². The van der Waals surface area contributed by atoms with E-state index >= 15 is 0 Å². The van der Waals surface area contributed by atoms with Crippen LogP contribution in [-0.2, 0) is 11.4 Å². The molecule has 1 amide bonds. The zero-order valence-corrected chi connectivity index (χ0v) is 20.7. The number of pyridine rings is 1. The Labute approximate surface area is 210 Å². The molecule has 1 aromatic heterocycles. The Balaban J connectivity index is 1.37. The maximum Gasteiger partial charge on any atom is 0.267 e. The summed E-state index contributed by atoms with van der Waals surface area (Å²) in [6.07, 6.45) is 11.0. The van der Waals surface area contributed by atoms with E-state index in [1.54, 1.807) is 12.4 Å². The Morgan fingerprint density at radius 1 is 1.09 bits per heavy atom. The van der Waals surface area contributed by atoms with E-state index in [0.717, 1.165) is 53.4 Å². The zero-order chi connectivity index (χ0) is 24.0. The fourth-order valence-corrected chi connectivity index (χ4v) is 5.51. The van der Waals surface area contributed by atoms with E-state index < -0.39 is 0 Å². The number of amidine groups is 1. The summed E-state index contributed by atoms with van der Waals surface area (Å²) in [7, 11) is 0. The molecule has 0 unspecified atom stereocenters. The van der Waals surface area contributed by atoms with Crippen LogP contribution in [0.25, 0.3) is 6.08 Å². The highest BCUT2D eigenvalue weighted by Crippen LogP contribution is 2.38. The summed E-state index contributed by atoms with van der Waals surface area (Å²) in [4.78, 5) is 25.1. The number of carbonyl (C=O) groups is 1. The van der Waals surface area contributed by atoms with E-state index in [1.165, 1.54) is 23.7 Å². The number of ether oxygens (including phenoxy) is 1. The smallest absolute Gasteiger partial charge is 0.267 e. The SMILES string of the molecule is Cc1ccc(COc2cccc(/C=C3\SC(=Nc4cccnc4)N(C4CCCCC4)C3=O)c2)cc1. The van der Waals surface area contributed by atoms with Crippen molar-refractivity contribution in [1.29, 1.82) is 0 Å². The third kappa shape index (κ3) is 5.82. The Bertz CT molecular complexity index is 1230. The van der Waals surface area contributed by atoms with Crippen molar-refractivity contribution in [3.05, 3.63) is 94.7 Å². The summed E-state index contributed by atoms with van der Waals surface area (Å²) in [6, 6.07) is 20.2. The molecule has 178 valence electrons. The molecule has 5 nitrogen and oxygen atoms in total. The predicted molar refractivity (Wildman–Crippen MR) is 143 cm³/mol. The van der Waals surface area contributed by atoms with Crippen molar-refractivity contribution in [3.8, 4) is 5.75 Å². The van der Waals surface area contributed by atoms with Crippen LogP contribution in [0.1, 0.15) is 48.8 Å². The average Bonchev–Trinajstić information content (AvgIpc) is 3.19. The molecule has 2 aliphatic rings. The minimum atomic E-state index is 0.0375. The third-order valence-corrected chi connectivity index (χ3v) is 7.31. The van der Waals surface area contributed by atoms with Crippen molar-refractivity contribution in [2.75, 3.05) is 0 Å². The lowest BCUT2D eigenvalue weighted by Gasteiger charge is -2.30. The number of aromatic nitrogens is 1. The quantitative estimate of drug-likeness (QED) is 0.358. The highest BCUT2D eigenvalue weighted by molar-refractivity contribution is 8.18. The predicted octanol–water partition coefficient (Wildman–Crippen LogP) is 6.91. The first-order valence-electron chi connectivity index (χ1n) is 12.2. The van der Waals surface area contributed by atoms with Crippen LogP contribution in [0, 0.1) is 6.92 Å². The second-order valence-electron chi connectivity index (χ2n) is 9.03. The lowest BCUT2D eigenvalue weighted by molar-refractivity contribution is -0.124. The molecule has 1 saturated heterocycles. The van der Waals surface area contributed by atoms with Gasteiger partial charge in [-0.3, -0.25) is 14.7 Å². The van der Waals surface area contributed by atoms with Gasteiger partial charge in [-0.2, -0.15) is 0 Å². The standard InChI is InChI=1S/C29H29N3O2S/c1-21-12-14-22(15-13-21)20-34-26-11-5-7-23(17-26)18-27-28(33)32(25-9-3-2-4-10-25)29(35-27)31-24-8-6-16-30-19-24/h5-8,11-19,25H,2-4,9-10,20H2,1H3/b27-18-,31-29?. The van der Waals surface area contributed by atoms with Crippen molar-refractivity contribution in [2.45, 2.75) is 51.7 Å². The maximum absolute atomic E-state index is 13.5. The Morgan fingerprint density at radius 2 is 1.91 bits per heavy atom. The number of thioether (sulfide) groups is 1. The van der Waals surface area contributed by atoms with Gasteiger partial charge >= 0.3 is 0 Å². The fourth-order valence-electron chi connectivity index (χ4n) is 4.45. The van der Waals surface area contributed by atoms with Gasteiger partial charge in [-0.1, -0.05) is 61.2 Å². The summed E-state index contributed by atoms with van der Waals surface area (Å²) in [6.45, 7) is 2.58. The number of nitrogens with zero attached hydrogens (tertiary/aromatic N) is 3. The lowest BCUT2D eigenvalue weighted by atomic mass is 9.94. The van der Waals surface area contributed by atoms with Crippen LogP contribution in [0.5, 0.6) is 5.75 Å². The van der Waals surface area contributed by atoms with Crippen LogP contribution in [0.3, 0.4) is 0 Å². The minimum absolute atomic E-state index is 0.0375. The summed E-state index contributed by atoms with van der Waals surface area (Å²) in [5, 5.41) is 0.743. The largest absolute Gasteiger partial charge is 0.489 e. The fraction of sp³-hybridized carbons (Fsp3) is 0.276. The van der Waals surface area contributed by atoms with Gasteiger partial charge in [0.2, 0.25) is 0 Å². The van der Waals surface area contributed by atoms with Gasteiger partial charge < -0.3 is 4.74 Å². The topological polar surface area (TPSA) is 54.8 Å². The molecule has 5 rings (SSSR count). The van der Waals surface area contributed by atoms with Gasteiger partial charge in [0.05, 0.1) is 16.8 Å². The number of aliphatic imine (C=N–C) groups is 1. The number of hydrogen-bond donors (Lipinski definition) is 0. The molecular formula is C29H29N3O2S. The normalized spacial score (nSPS) is 19.0. The van der Waals surface area contributed by atoms with Gasteiger partial charge in [0.15, 0.2) is 5.17 Å². The molecule has 2 aromatic carbocycles. The highest BCUT2D eigenvalue weighted by atomic mass is 32.2. The molecule has 0 N–H and O–H groups in total. The first-order valence-corrected chi connectivity index (χ1v) is 13.0. The Hall–Kier alpha value is -3.38. The number of hydrogen-bond acceptors (Lipinski definition) is 5. The minimum Gasteiger partial charge on any atom is -0.489 e. The summed E-state index contributed by atoms with van der Waals surface area (Å²) < 4.78 is 6.02. The van der Waals surface area contributed by atoms with Crippen LogP contribution in [0.2, 0.25) is 0 Å². The molecule has 1 saturated carbocycles. The number of benzene rings is 2. The highest BCUT2D eigenvalue weighted by Gasteiger charge is 2.38. The third-order valence-electron chi connectivity index (χ3n) is 6.33. The van der Waals surface area contributed by atoms with Crippen LogP contribution in [0.4, 0.5) is 5.69 Å². The average molecular weight is 484 g/mol. The Morgan fingerprint density at radius 3 is 2.69 bits per heavy atom. The van der Waals surface area contributed by atoms with Crippen LogP contribution < -0.4 is 4.74 Å². The van der Waals surface area contributed by atoms with Crippen molar-refractivity contribution in [2.24, 2.45) is 4.99 Å². The van der Waals surface area contributed by atoms with Crippen molar-refractivity contribution < 1.29 is 9.53 Å². The second-order valence-corrected chi connectivity index (χ2v) is 10.0. The number of carbonyl (C=O) groups excluding carboxylic acids is 1. The second kappa shape index (κ2) is 10.9. The molecule has 0 bridgehead atoms. The van der Waals surface area contributed by atoms with E-state index in [4.69, 9.17) is 9.73 Å². The van der Waals surface area contributed by atoms with Gasteiger partial charge in [-0.15, -0.1) is 0 Å². The van der Waals surface area contributed by atoms with Gasteiger partial charge in [0, 0.05) is 12.2 Å². The van der Waals surface area contributed by atoms with Crippen molar-refractivity contribution in [3.63, 3.8) is 0 Å². The molecule has 35 heavy (non-hydrogen) atoms. The number of aryl methyl sites for hydroxylation is 1. The molecule has 0 radical (unpaired) electrons. The van der Waals surface area contributed by atoms with E-state index in [1.807, 2.05) is 47.4 Å². The van der Waals surface area contributed by atoms with Crippen LogP contribution >= 0.6 is 11.8 Å². The Kier molecular flexibility index (Phi) is 7.28. The molecule has 2 heterocycles. The van der Waals surface area contributed by atoms with E-state index in [2.05, 4.69) is 36.2 Å². The van der Waals surface area contributed by atoms with Crippen molar-refractivity contribution >= 4 is 34.6 Å². The lowest BCUT2D eigenvalue weighted by Crippen LogP contribution is -2.40. The summed E-state index contributed by atoms with van der Waals surface area (Å²) >= 11 is 1.45. The molecule has 1 aliphatic carbocycles. The van der Waals surface area contributed by atoms with Gasteiger partial charge in [-0.25, -0.2) is 4.99 Å². The van der Waals surface area contributed by atoms with Crippen molar-refractivity contribution in [1.82, 2.24) is 9.88 Å². The molecule has 6 heteroatoms. The first kappa shape index (κ1) is 23.4. The summed E-state index contributed by atoms with van der Waals surface area (Å²) in [5.74, 6) is 0.819. The van der Waals surface area contributed by atoms with Crippen LogP contribution in [0.15, 0.2) is 83.0 Å². The number of rotatable bonds is 6. The molecular weight excluding hydrogens is 454 g/mol. The van der Waals surface area contributed by atoms with E-state index in [-0.39, 0.29) is 11.9 Å². The van der Waals surface area contributed by atoms with Gasteiger partial charge in [0.1, 0.15) is 12.4 Å². The van der Waals surface area contributed by atoms with Gasteiger partial charge in [-0.05, 0) is 73.0 Å². The van der Waals surface area contributed by atoms with E-state index in [0.29, 0.717) is 11.5 Å². The summed E-state index contributed by atoms with van der Waals surface area (Å²) in [5.41, 5.74) is 4.06. The van der Waals surface area contributed by atoms with E-state index in [9.17, 15) is 4.79 Å². The monoisotopic (exact) mass is 483 g/mol. The molecule has 0 atom stereocenters. The molecule has 1 aliphatic heterocycles. The zero-order valence-electron chi connectivity index (χ0n) is 19.9.